The summed E-state index contributed by atoms with van der Waals surface area (Å²) in [6.45, 7) is 1.70. The van der Waals surface area contributed by atoms with E-state index in [4.69, 9.17) is 4.74 Å². The van der Waals surface area contributed by atoms with Gasteiger partial charge in [-0.15, -0.1) is 0 Å². The van der Waals surface area contributed by atoms with Crippen molar-refractivity contribution in [2.75, 3.05) is 13.1 Å². The minimum Gasteiger partial charge on any atom is -0.390 e. The first-order valence-electron chi connectivity index (χ1n) is 12.3. The summed E-state index contributed by atoms with van der Waals surface area (Å²) >= 11 is 0. The molecule has 0 radical (unpaired) electrons. The molecule has 198 valence electrons. The van der Waals surface area contributed by atoms with Gasteiger partial charge in [0.15, 0.2) is 10.8 Å². The van der Waals surface area contributed by atoms with Crippen LogP contribution in [0, 0.1) is 0 Å². The first-order valence-corrected chi connectivity index (χ1v) is 13.7. The Morgan fingerprint density at radius 3 is 2.63 bits per heavy atom. The van der Waals surface area contributed by atoms with Gasteiger partial charge in [0.25, 0.3) is 10.0 Å². The summed E-state index contributed by atoms with van der Waals surface area (Å²) in [6.07, 6.45) is 2.98. The maximum Gasteiger partial charge on any atom is 0.414 e. The highest BCUT2D eigenvalue weighted by atomic mass is 32.2. The van der Waals surface area contributed by atoms with Gasteiger partial charge < -0.3 is 15.0 Å². The topological polar surface area (TPSA) is 152 Å². The predicted molar refractivity (Wildman–Crippen MR) is 134 cm³/mol. The Kier molecular flexibility index (Phi) is 7.04. The number of nitrogens with zero attached hydrogens (tertiary/aromatic N) is 5. The zero-order valence-electron chi connectivity index (χ0n) is 20.6. The van der Waals surface area contributed by atoms with Crippen LogP contribution in [0.4, 0.5) is 4.79 Å². The highest BCUT2D eigenvalue weighted by Crippen LogP contribution is 2.34. The fraction of sp³-hybridized carbons (Fsp3) is 0.360. The molecule has 13 heteroatoms. The molecule has 1 N–H and O–H groups in total. The van der Waals surface area contributed by atoms with Gasteiger partial charge in [0.05, 0.1) is 29.8 Å². The lowest BCUT2D eigenvalue weighted by molar-refractivity contribution is -0.138. The number of amides is 2. The number of benzene rings is 1. The summed E-state index contributed by atoms with van der Waals surface area (Å²) in [5.74, 6) is -0.859. The van der Waals surface area contributed by atoms with E-state index in [1.165, 1.54) is 23.4 Å². The van der Waals surface area contributed by atoms with Gasteiger partial charge in [0.2, 0.25) is 11.8 Å². The Balaban J connectivity index is 1.29. The number of sulfonamides is 1. The molecule has 3 aromatic rings. The van der Waals surface area contributed by atoms with E-state index in [1.54, 1.807) is 30.3 Å². The van der Waals surface area contributed by atoms with E-state index >= 15 is 0 Å². The van der Waals surface area contributed by atoms with E-state index < -0.39 is 40.1 Å². The molecule has 0 aliphatic carbocycles. The van der Waals surface area contributed by atoms with Gasteiger partial charge in [-0.1, -0.05) is 31.5 Å². The predicted octanol–water partition coefficient (Wildman–Crippen LogP) is 1.52. The lowest BCUT2D eigenvalue weighted by Gasteiger charge is -2.28. The lowest BCUT2D eigenvalue weighted by atomic mass is 10.1. The second-order valence-corrected chi connectivity index (χ2v) is 10.9. The summed E-state index contributed by atoms with van der Waals surface area (Å²) in [6, 6.07) is 9.06. The Morgan fingerprint density at radius 1 is 1.13 bits per heavy atom. The molecule has 2 fully saturated rings. The second kappa shape index (κ2) is 10.4. The average molecular weight is 539 g/mol. The van der Waals surface area contributed by atoms with Crippen LogP contribution in [0.1, 0.15) is 26.2 Å². The number of ether oxygens (including phenoxy) is 1. The van der Waals surface area contributed by atoms with Crippen LogP contribution in [0.15, 0.2) is 59.9 Å². The van der Waals surface area contributed by atoms with Crippen molar-refractivity contribution in [2.45, 2.75) is 49.3 Å². The molecule has 0 bridgehead atoms. The largest absolute Gasteiger partial charge is 0.414 e. The van der Waals surface area contributed by atoms with Crippen LogP contribution in [-0.2, 0) is 19.6 Å². The second-order valence-electron chi connectivity index (χ2n) is 9.09. The fourth-order valence-electron chi connectivity index (χ4n) is 4.96. The molecule has 2 aliphatic heterocycles. The number of pyridine rings is 1. The zero-order valence-corrected chi connectivity index (χ0v) is 21.4. The summed E-state index contributed by atoms with van der Waals surface area (Å²) in [5, 5.41) is 2.43. The summed E-state index contributed by atoms with van der Waals surface area (Å²) in [7, 11) is -4.01. The number of hydrogen-bond donors (Lipinski definition) is 1. The Morgan fingerprint density at radius 2 is 1.89 bits per heavy atom. The number of nitrogens with one attached hydrogen (secondary N) is 1. The molecule has 2 aromatic heterocycles. The van der Waals surface area contributed by atoms with Crippen LogP contribution >= 0.6 is 0 Å². The third-order valence-electron chi connectivity index (χ3n) is 6.66. The molecule has 2 saturated heterocycles. The number of ketones is 1. The van der Waals surface area contributed by atoms with Gasteiger partial charge in [0.1, 0.15) is 12.1 Å². The number of carbonyl (C=O) groups excluding carboxylic acids is 3. The highest BCUT2D eigenvalue weighted by molar-refractivity contribution is 7.89. The van der Waals surface area contributed by atoms with Crippen molar-refractivity contribution in [1.82, 2.24) is 29.5 Å². The van der Waals surface area contributed by atoms with E-state index in [9.17, 15) is 22.8 Å². The van der Waals surface area contributed by atoms with E-state index in [2.05, 4.69) is 20.3 Å². The molecule has 4 heterocycles. The number of rotatable bonds is 7. The first-order chi connectivity index (χ1) is 18.3. The van der Waals surface area contributed by atoms with Gasteiger partial charge in [-0.25, -0.2) is 28.2 Å². The fourth-order valence-corrected chi connectivity index (χ4v) is 6.52. The number of carbonyl (C=O) groups is 3. The quantitative estimate of drug-likeness (QED) is 0.472. The van der Waals surface area contributed by atoms with Gasteiger partial charge in [-0.2, -0.15) is 4.31 Å². The van der Waals surface area contributed by atoms with Gasteiger partial charge in [0, 0.05) is 12.7 Å². The minimum atomic E-state index is -4.01. The monoisotopic (exact) mass is 538 g/mol. The third kappa shape index (κ3) is 4.82. The van der Waals surface area contributed by atoms with Crippen molar-refractivity contribution >= 4 is 38.8 Å². The summed E-state index contributed by atoms with van der Waals surface area (Å²) in [4.78, 5) is 52.9. The Labute approximate surface area is 219 Å². The summed E-state index contributed by atoms with van der Waals surface area (Å²) in [5.41, 5.74) is 1.19. The SMILES string of the molecule is CCCC(NC(=O)Oc1cnc2ccccc2n1)C(=O)N1CCC2C1C(=O)CN2S(=O)(=O)c1ccccn1. The van der Waals surface area contributed by atoms with Crippen molar-refractivity contribution < 1.29 is 27.5 Å². The lowest BCUT2D eigenvalue weighted by Crippen LogP contribution is -2.53. The van der Waals surface area contributed by atoms with Crippen molar-refractivity contribution in [2.24, 2.45) is 0 Å². The maximum absolute atomic E-state index is 13.5. The molecule has 1 aromatic carbocycles. The van der Waals surface area contributed by atoms with Gasteiger partial charge in [-0.05, 0) is 37.1 Å². The number of fused-ring (bicyclic) bond motifs is 2. The van der Waals surface area contributed by atoms with E-state index in [1.807, 2.05) is 13.0 Å². The zero-order chi connectivity index (χ0) is 26.9. The Hall–Kier alpha value is -3.97. The van der Waals surface area contributed by atoms with E-state index in [-0.39, 0.29) is 29.8 Å². The summed E-state index contributed by atoms with van der Waals surface area (Å²) < 4.78 is 32.7. The molecular formula is C25H26N6O6S. The molecule has 3 unspecified atom stereocenters. The van der Waals surface area contributed by atoms with Crippen LogP contribution in [0.5, 0.6) is 5.88 Å². The van der Waals surface area contributed by atoms with Crippen LogP contribution in [0.2, 0.25) is 0 Å². The Bertz CT molecular complexity index is 1480. The molecule has 3 atom stereocenters. The molecule has 2 aliphatic rings. The van der Waals surface area contributed by atoms with Crippen molar-refractivity contribution in [3.63, 3.8) is 0 Å². The van der Waals surface area contributed by atoms with Crippen LogP contribution in [-0.4, -0.2) is 81.6 Å². The third-order valence-corrected chi connectivity index (χ3v) is 8.45. The molecule has 2 amide bonds. The number of likely N-dealkylation sites (tertiary alicyclic amines) is 1. The number of Topliss-reactive ketones (excluding diaryl/α,β-unsaturated/α-hetero) is 1. The van der Waals surface area contributed by atoms with E-state index in [0.717, 1.165) is 4.31 Å². The molecular weight excluding hydrogens is 512 g/mol. The van der Waals surface area contributed by atoms with Gasteiger partial charge >= 0.3 is 6.09 Å². The van der Waals surface area contributed by atoms with Crippen LogP contribution in [0.3, 0.4) is 0 Å². The standard InChI is InChI=1S/C25H26N6O6S/c1-2-7-18(29-25(34)37-21-14-27-16-8-3-4-9-17(16)28-21)24(33)30-13-11-19-23(30)20(32)15-31(19)38(35,36)22-10-5-6-12-26-22/h3-6,8-10,12,14,18-19,23H,2,7,11,13,15H2,1H3,(H,29,34). The van der Waals surface area contributed by atoms with Crippen LogP contribution < -0.4 is 10.1 Å². The van der Waals surface area contributed by atoms with E-state index in [0.29, 0.717) is 30.3 Å². The molecule has 12 nitrogen and oxygen atoms in total. The highest BCUT2D eigenvalue weighted by Gasteiger charge is 2.54. The van der Waals surface area contributed by atoms with Crippen LogP contribution in [0.25, 0.3) is 11.0 Å². The molecule has 5 rings (SSSR count). The number of aromatic nitrogens is 3. The van der Waals surface area contributed by atoms with Gasteiger partial charge in [-0.3, -0.25) is 9.59 Å². The molecule has 0 saturated carbocycles. The maximum atomic E-state index is 13.5. The average Bonchev–Trinajstić information content (AvgIpc) is 3.50. The molecule has 0 spiro atoms. The minimum absolute atomic E-state index is 0.0218. The number of para-hydroxylation sites is 2. The normalized spacial score (nSPS) is 20.3. The smallest absolute Gasteiger partial charge is 0.390 e. The van der Waals surface area contributed by atoms with Crippen molar-refractivity contribution in [3.8, 4) is 5.88 Å². The number of hydrogen-bond acceptors (Lipinski definition) is 9. The van der Waals surface area contributed by atoms with Crippen molar-refractivity contribution in [3.05, 3.63) is 54.9 Å². The van der Waals surface area contributed by atoms with Crippen molar-refractivity contribution in [1.29, 1.82) is 0 Å². The first kappa shape index (κ1) is 25.7. The molecule has 38 heavy (non-hydrogen) atoms.